The highest BCUT2D eigenvalue weighted by Crippen LogP contribution is 2.14. The van der Waals surface area contributed by atoms with E-state index in [0.29, 0.717) is 18.8 Å². The van der Waals surface area contributed by atoms with E-state index < -0.39 is 12.1 Å². The van der Waals surface area contributed by atoms with Crippen LogP contribution in [0.15, 0.2) is 17.6 Å². The Morgan fingerprint density at radius 3 is 3.00 bits per heavy atom. The number of rotatable bonds is 5. The van der Waals surface area contributed by atoms with Crippen LogP contribution in [0.2, 0.25) is 0 Å². The first-order valence-electron chi connectivity index (χ1n) is 4.87. The SMILES string of the molecule is C=CCC1=NC(C(C)O)CN1CC(=O)O. The highest BCUT2D eigenvalue weighted by Gasteiger charge is 2.28. The van der Waals surface area contributed by atoms with Gasteiger partial charge in [0.25, 0.3) is 0 Å². The van der Waals surface area contributed by atoms with Gasteiger partial charge in [-0.2, -0.15) is 0 Å². The normalized spacial score (nSPS) is 22.4. The number of aliphatic hydroxyl groups is 1. The van der Waals surface area contributed by atoms with E-state index in [-0.39, 0.29) is 12.6 Å². The summed E-state index contributed by atoms with van der Waals surface area (Å²) in [5.41, 5.74) is 0. The summed E-state index contributed by atoms with van der Waals surface area (Å²) in [7, 11) is 0. The van der Waals surface area contributed by atoms with Crippen LogP contribution in [0.1, 0.15) is 13.3 Å². The zero-order valence-electron chi connectivity index (χ0n) is 8.76. The van der Waals surface area contributed by atoms with Crippen molar-refractivity contribution in [2.24, 2.45) is 4.99 Å². The van der Waals surface area contributed by atoms with Gasteiger partial charge >= 0.3 is 5.97 Å². The Morgan fingerprint density at radius 1 is 1.87 bits per heavy atom. The van der Waals surface area contributed by atoms with Crippen molar-refractivity contribution in [3.8, 4) is 0 Å². The fourth-order valence-corrected chi connectivity index (χ4v) is 1.54. The van der Waals surface area contributed by atoms with E-state index in [1.807, 2.05) is 0 Å². The molecule has 1 rings (SSSR count). The van der Waals surface area contributed by atoms with Crippen molar-refractivity contribution in [3.05, 3.63) is 12.7 Å². The minimum absolute atomic E-state index is 0.0735. The molecule has 0 aromatic heterocycles. The summed E-state index contributed by atoms with van der Waals surface area (Å²) in [6.07, 6.45) is 1.66. The van der Waals surface area contributed by atoms with Crippen molar-refractivity contribution >= 4 is 11.8 Å². The molecule has 1 aliphatic heterocycles. The number of aliphatic carboxylic acids is 1. The third-order valence-electron chi connectivity index (χ3n) is 2.30. The number of hydrogen-bond acceptors (Lipinski definition) is 4. The Bertz CT molecular complexity index is 286. The highest BCUT2D eigenvalue weighted by atomic mass is 16.4. The van der Waals surface area contributed by atoms with Crippen LogP contribution in [0.25, 0.3) is 0 Å². The van der Waals surface area contributed by atoms with Gasteiger partial charge in [0.15, 0.2) is 0 Å². The first kappa shape index (κ1) is 11.7. The Labute approximate surface area is 88.7 Å². The second kappa shape index (κ2) is 4.93. The zero-order chi connectivity index (χ0) is 11.4. The van der Waals surface area contributed by atoms with Gasteiger partial charge in [0.2, 0.25) is 0 Å². The Balaban J connectivity index is 2.69. The molecule has 0 fully saturated rings. The lowest BCUT2D eigenvalue weighted by Gasteiger charge is -2.18. The predicted molar refractivity (Wildman–Crippen MR) is 56.9 cm³/mol. The van der Waals surface area contributed by atoms with Crippen molar-refractivity contribution < 1.29 is 15.0 Å². The van der Waals surface area contributed by atoms with Gasteiger partial charge in [0, 0.05) is 13.0 Å². The molecule has 0 bridgehead atoms. The summed E-state index contributed by atoms with van der Waals surface area (Å²) >= 11 is 0. The standard InChI is InChI=1S/C10H16N2O3/c1-3-4-9-11-8(7(2)13)5-12(9)6-10(14)15/h3,7-8,13H,1,4-6H2,2H3,(H,14,15). The predicted octanol–water partition coefficient (Wildman–Crippen LogP) is 0.111. The molecule has 2 unspecified atom stereocenters. The van der Waals surface area contributed by atoms with Crippen LogP contribution in [0, 0.1) is 0 Å². The average molecular weight is 212 g/mol. The number of aliphatic imine (C=N–C) groups is 1. The summed E-state index contributed by atoms with van der Waals surface area (Å²) in [6.45, 7) is 5.64. The summed E-state index contributed by atoms with van der Waals surface area (Å²) in [5.74, 6) is -0.198. The smallest absolute Gasteiger partial charge is 0.323 e. The highest BCUT2D eigenvalue weighted by molar-refractivity contribution is 5.88. The molecule has 0 spiro atoms. The van der Waals surface area contributed by atoms with E-state index in [1.54, 1.807) is 17.9 Å². The van der Waals surface area contributed by atoms with Crippen molar-refractivity contribution in [2.45, 2.75) is 25.5 Å². The third kappa shape index (κ3) is 3.06. The fraction of sp³-hybridized carbons (Fsp3) is 0.600. The molecule has 2 N–H and O–H groups in total. The first-order valence-corrected chi connectivity index (χ1v) is 4.87. The maximum atomic E-state index is 10.6. The van der Waals surface area contributed by atoms with Crippen LogP contribution in [-0.2, 0) is 4.79 Å². The molecule has 0 aliphatic carbocycles. The van der Waals surface area contributed by atoms with Crippen molar-refractivity contribution in [1.29, 1.82) is 0 Å². The van der Waals surface area contributed by atoms with Gasteiger partial charge in [-0.05, 0) is 6.92 Å². The van der Waals surface area contributed by atoms with E-state index in [9.17, 15) is 9.90 Å². The van der Waals surface area contributed by atoms with Crippen LogP contribution >= 0.6 is 0 Å². The number of carbonyl (C=O) groups is 1. The molecule has 0 radical (unpaired) electrons. The van der Waals surface area contributed by atoms with Gasteiger partial charge in [-0.1, -0.05) is 6.08 Å². The molecule has 15 heavy (non-hydrogen) atoms. The molecule has 0 aromatic carbocycles. The van der Waals surface area contributed by atoms with Crippen LogP contribution < -0.4 is 0 Å². The van der Waals surface area contributed by atoms with E-state index in [0.717, 1.165) is 0 Å². The number of amidine groups is 1. The maximum Gasteiger partial charge on any atom is 0.323 e. The molecule has 5 nitrogen and oxygen atoms in total. The quantitative estimate of drug-likeness (QED) is 0.634. The molecule has 1 aliphatic rings. The monoisotopic (exact) mass is 212 g/mol. The van der Waals surface area contributed by atoms with Crippen LogP contribution in [0.5, 0.6) is 0 Å². The molecule has 0 amide bonds. The molecular weight excluding hydrogens is 196 g/mol. The van der Waals surface area contributed by atoms with Crippen molar-refractivity contribution in [1.82, 2.24) is 4.90 Å². The van der Waals surface area contributed by atoms with Gasteiger partial charge in [-0.3, -0.25) is 9.79 Å². The van der Waals surface area contributed by atoms with Crippen molar-refractivity contribution in [3.63, 3.8) is 0 Å². The van der Waals surface area contributed by atoms with Crippen LogP contribution in [0.4, 0.5) is 0 Å². The lowest BCUT2D eigenvalue weighted by Crippen LogP contribution is -2.36. The topological polar surface area (TPSA) is 73.1 Å². The number of carboxylic acid groups (broad SMARTS) is 1. The minimum Gasteiger partial charge on any atom is -0.480 e. The van der Waals surface area contributed by atoms with Gasteiger partial charge in [0.05, 0.1) is 12.1 Å². The van der Waals surface area contributed by atoms with E-state index in [2.05, 4.69) is 11.6 Å². The summed E-state index contributed by atoms with van der Waals surface area (Å²) in [5, 5.41) is 18.1. The molecule has 5 heteroatoms. The van der Waals surface area contributed by atoms with Gasteiger partial charge in [0.1, 0.15) is 12.4 Å². The van der Waals surface area contributed by atoms with Crippen molar-refractivity contribution in [2.75, 3.05) is 13.1 Å². The lowest BCUT2D eigenvalue weighted by molar-refractivity contribution is -0.137. The maximum absolute atomic E-state index is 10.6. The summed E-state index contributed by atoms with van der Waals surface area (Å²) in [6, 6.07) is -0.223. The number of aliphatic hydroxyl groups excluding tert-OH is 1. The molecular formula is C10H16N2O3. The summed E-state index contributed by atoms with van der Waals surface area (Å²) in [4.78, 5) is 16.5. The lowest BCUT2D eigenvalue weighted by atomic mass is 10.2. The van der Waals surface area contributed by atoms with Crippen LogP contribution in [-0.4, -0.2) is 52.2 Å². The zero-order valence-corrected chi connectivity index (χ0v) is 8.76. The molecule has 2 atom stereocenters. The summed E-state index contributed by atoms with van der Waals surface area (Å²) < 4.78 is 0. The largest absolute Gasteiger partial charge is 0.480 e. The molecule has 0 aromatic rings. The van der Waals surface area contributed by atoms with Gasteiger partial charge < -0.3 is 15.1 Å². The second-order valence-corrected chi connectivity index (χ2v) is 3.62. The van der Waals surface area contributed by atoms with E-state index in [4.69, 9.17) is 5.11 Å². The Hall–Kier alpha value is -1.36. The van der Waals surface area contributed by atoms with Crippen LogP contribution in [0.3, 0.4) is 0 Å². The molecule has 0 saturated carbocycles. The average Bonchev–Trinajstić information content (AvgIpc) is 2.48. The minimum atomic E-state index is -0.891. The van der Waals surface area contributed by atoms with Gasteiger partial charge in [-0.15, -0.1) is 6.58 Å². The number of nitrogens with zero attached hydrogens (tertiary/aromatic N) is 2. The molecule has 84 valence electrons. The number of hydrogen-bond donors (Lipinski definition) is 2. The molecule has 1 heterocycles. The Morgan fingerprint density at radius 2 is 2.53 bits per heavy atom. The second-order valence-electron chi connectivity index (χ2n) is 3.62. The Kier molecular flexibility index (Phi) is 3.85. The first-order chi connectivity index (χ1) is 7.04. The third-order valence-corrected chi connectivity index (χ3v) is 2.30. The fourth-order valence-electron chi connectivity index (χ4n) is 1.54. The van der Waals surface area contributed by atoms with Gasteiger partial charge in [-0.25, -0.2) is 0 Å². The molecule has 0 saturated heterocycles. The van der Waals surface area contributed by atoms with E-state index in [1.165, 1.54) is 0 Å². The number of carboxylic acids is 1. The van der Waals surface area contributed by atoms with E-state index >= 15 is 0 Å².